The lowest BCUT2D eigenvalue weighted by Gasteiger charge is -2.45. The number of rotatable bonds is 2. The fourth-order valence-electron chi connectivity index (χ4n) is 3.16. The maximum atomic E-state index is 15.2. The molecule has 0 aromatic heterocycles. The molecule has 0 aliphatic heterocycles. The Bertz CT molecular complexity index is 780. The van der Waals surface area contributed by atoms with Crippen LogP contribution in [0.1, 0.15) is 24.5 Å². The fraction of sp³-hybridized carbons (Fsp3) is 0.353. The van der Waals surface area contributed by atoms with Crippen molar-refractivity contribution in [2.75, 3.05) is 0 Å². The molecule has 0 radical (unpaired) electrons. The summed E-state index contributed by atoms with van der Waals surface area (Å²) < 4.78 is 96.5. The lowest BCUT2D eigenvalue weighted by atomic mass is 9.63. The van der Waals surface area contributed by atoms with Gasteiger partial charge in [-0.25, -0.2) is 4.39 Å². The van der Waals surface area contributed by atoms with Crippen LogP contribution in [-0.4, -0.2) is 18.0 Å². The van der Waals surface area contributed by atoms with Crippen LogP contribution in [0.2, 0.25) is 0 Å². The maximum Gasteiger partial charge on any atom is 0.433 e. The Morgan fingerprint density at radius 2 is 1.54 bits per heavy atom. The van der Waals surface area contributed by atoms with Crippen molar-refractivity contribution in [3.63, 3.8) is 0 Å². The van der Waals surface area contributed by atoms with Crippen LogP contribution in [0, 0.1) is 11.3 Å². The number of hydrogen-bond donors (Lipinski definition) is 0. The third kappa shape index (κ3) is 2.94. The summed E-state index contributed by atoms with van der Waals surface area (Å²) in [6.45, 7) is 1.30. The number of halogens is 8. The number of hydrogen-bond acceptors (Lipinski definition) is 1. The fourth-order valence-corrected chi connectivity index (χ4v) is 3.96. The molecular weight excluding hydrogens is 431 g/mol. The van der Waals surface area contributed by atoms with Crippen LogP contribution in [0.3, 0.4) is 0 Å². The summed E-state index contributed by atoms with van der Waals surface area (Å²) in [7, 11) is 0. The van der Waals surface area contributed by atoms with Crippen molar-refractivity contribution in [1.82, 2.24) is 0 Å². The molecule has 1 nitrogen and oxygen atoms in total. The van der Waals surface area contributed by atoms with Gasteiger partial charge in [0, 0.05) is 0 Å². The molecule has 9 heteroatoms. The molecule has 2 rings (SSSR count). The topological polar surface area (TPSA) is 23.8 Å². The summed E-state index contributed by atoms with van der Waals surface area (Å²) >= 11 is 2.91. The molecule has 0 heterocycles. The summed E-state index contributed by atoms with van der Waals surface area (Å²) in [4.78, 5) is 0. The summed E-state index contributed by atoms with van der Waals surface area (Å²) in [6, 6.07) is 5.92. The van der Waals surface area contributed by atoms with Crippen molar-refractivity contribution in [3.05, 3.63) is 57.6 Å². The molecule has 0 bridgehead atoms. The Hall–Kier alpha value is -1.82. The predicted molar refractivity (Wildman–Crippen MR) is 84.2 cm³/mol. The second-order valence-electron chi connectivity index (χ2n) is 5.94. The lowest BCUT2D eigenvalue weighted by molar-refractivity contribution is -0.354. The number of alkyl halides is 7. The van der Waals surface area contributed by atoms with Crippen LogP contribution in [0.5, 0.6) is 0 Å². The summed E-state index contributed by atoms with van der Waals surface area (Å²) in [5.74, 6) is 0. The molecule has 0 saturated carbocycles. The van der Waals surface area contributed by atoms with Crippen LogP contribution >= 0.6 is 15.9 Å². The number of nitriles is 1. The molecule has 1 aromatic carbocycles. The molecule has 0 saturated heterocycles. The highest BCUT2D eigenvalue weighted by Gasteiger charge is 2.81. The molecular formula is C17H11BrF7N. The standard InChI is InChI=1S/C17H11BrF7N/c1-10-6-12(18)8-14(7-10,13-5-3-2-4-11(13)9-26)15(19,16(20,21)22)17(23,24)25/h2-5,7-8H,6H2,1H3. The molecule has 0 N–H and O–H groups in total. The van der Waals surface area contributed by atoms with Crippen molar-refractivity contribution in [1.29, 1.82) is 5.26 Å². The molecule has 1 aliphatic rings. The van der Waals surface area contributed by atoms with E-state index in [-0.39, 0.29) is 16.5 Å². The zero-order valence-corrected chi connectivity index (χ0v) is 14.7. The Balaban J connectivity index is 3.05. The van der Waals surface area contributed by atoms with Crippen molar-refractivity contribution in [2.45, 2.75) is 36.8 Å². The third-order valence-corrected chi connectivity index (χ3v) is 4.66. The van der Waals surface area contributed by atoms with E-state index in [0.717, 1.165) is 18.2 Å². The van der Waals surface area contributed by atoms with Gasteiger partial charge in [-0.1, -0.05) is 51.9 Å². The average Bonchev–Trinajstić information content (AvgIpc) is 2.50. The number of nitrogens with zero attached hydrogens (tertiary/aromatic N) is 1. The molecule has 1 unspecified atom stereocenters. The van der Waals surface area contributed by atoms with E-state index in [1.165, 1.54) is 13.0 Å². The minimum atomic E-state index is -6.29. The van der Waals surface area contributed by atoms with Crippen molar-refractivity contribution >= 4 is 15.9 Å². The van der Waals surface area contributed by atoms with Crippen LogP contribution in [0.4, 0.5) is 30.7 Å². The average molecular weight is 442 g/mol. The molecule has 140 valence electrons. The highest BCUT2D eigenvalue weighted by molar-refractivity contribution is 9.11. The molecule has 1 atom stereocenters. The monoisotopic (exact) mass is 441 g/mol. The van der Waals surface area contributed by atoms with Gasteiger partial charge in [-0.15, -0.1) is 0 Å². The van der Waals surface area contributed by atoms with Gasteiger partial charge in [0.2, 0.25) is 0 Å². The quantitative estimate of drug-likeness (QED) is 0.392. The molecule has 1 aliphatic carbocycles. The Morgan fingerprint density at radius 1 is 1.00 bits per heavy atom. The lowest BCUT2D eigenvalue weighted by Crippen LogP contribution is -2.65. The Labute approximate surface area is 152 Å². The Morgan fingerprint density at radius 3 is 2.00 bits per heavy atom. The van der Waals surface area contributed by atoms with Crippen molar-refractivity contribution in [3.8, 4) is 6.07 Å². The largest absolute Gasteiger partial charge is 0.433 e. The molecule has 0 amide bonds. The zero-order chi connectivity index (χ0) is 20.0. The predicted octanol–water partition coefficient (Wildman–Crippen LogP) is 6.26. The van der Waals surface area contributed by atoms with E-state index < -0.39 is 34.6 Å². The first-order chi connectivity index (χ1) is 11.8. The van der Waals surface area contributed by atoms with Gasteiger partial charge in [0.25, 0.3) is 0 Å². The van der Waals surface area contributed by atoms with E-state index in [1.807, 2.05) is 0 Å². The molecule has 1 aromatic rings. The van der Waals surface area contributed by atoms with Gasteiger partial charge in [0.05, 0.1) is 17.0 Å². The number of benzene rings is 1. The zero-order valence-electron chi connectivity index (χ0n) is 13.1. The first-order valence-corrected chi connectivity index (χ1v) is 7.97. The van der Waals surface area contributed by atoms with Gasteiger partial charge in [-0.05, 0) is 29.5 Å². The SMILES string of the molecule is CC1=CC(c2ccccc2C#N)(C(F)(C(F)(F)F)C(F)(F)F)C=C(Br)C1. The van der Waals surface area contributed by atoms with Gasteiger partial charge in [-0.3, -0.25) is 0 Å². The van der Waals surface area contributed by atoms with Crippen LogP contribution in [-0.2, 0) is 5.41 Å². The van der Waals surface area contributed by atoms with Crippen LogP contribution < -0.4 is 0 Å². The van der Waals surface area contributed by atoms with Crippen LogP contribution in [0.15, 0.2) is 46.5 Å². The van der Waals surface area contributed by atoms with E-state index in [2.05, 4.69) is 15.9 Å². The van der Waals surface area contributed by atoms with Crippen molar-refractivity contribution in [2.24, 2.45) is 0 Å². The van der Waals surface area contributed by atoms with E-state index in [0.29, 0.717) is 12.2 Å². The van der Waals surface area contributed by atoms with Gasteiger partial charge in [0.1, 0.15) is 0 Å². The van der Waals surface area contributed by atoms with Crippen molar-refractivity contribution < 1.29 is 30.7 Å². The molecule has 0 fully saturated rings. The normalized spacial score (nSPS) is 21.7. The first-order valence-electron chi connectivity index (χ1n) is 7.17. The third-order valence-electron chi connectivity index (χ3n) is 4.15. The highest BCUT2D eigenvalue weighted by atomic mass is 79.9. The van der Waals surface area contributed by atoms with Crippen LogP contribution in [0.25, 0.3) is 0 Å². The second-order valence-corrected chi connectivity index (χ2v) is 6.96. The van der Waals surface area contributed by atoms with E-state index in [9.17, 15) is 31.6 Å². The van der Waals surface area contributed by atoms with Gasteiger partial charge in [-0.2, -0.15) is 31.6 Å². The second kappa shape index (κ2) is 6.41. The summed E-state index contributed by atoms with van der Waals surface area (Å²) in [6.07, 6.45) is -11.4. The maximum absolute atomic E-state index is 15.2. The number of allylic oxidation sites excluding steroid dienone is 4. The summed E-state index contributed by atoms with van der Waals surface area (Å²) in [5.41, 5.74) is -10.0. The molecule has 0 spiro atoms. The van der Waals surface area contributed by atoms with Gasteiger partial charge in [0.15, 0.2) is 0 Å². The molecule has 26 heavy (non-hydrogen) atoms. The first kappa shape index (κ1) is 20.5. The minimum absolute atomic E-state index is 0.0300. The Kier molecular flexibility index (Phi) is 5.05. The highest BCUT2D eigenvalue weighted by Crippen LogP contribution is 2.60. The minimum Gasteiger partial charge on any atom is -0.222 e. The van der Waals surface area contributed by atoms with E-state index >= 15 is 4.39 Å². The van der Waals surface area contributed by atoms with E-state index in [1.54, 1.807) is 6.07 Å². The van der Waals surface area contributed by atoms with Gasteiger partial charge >= 0.3 is 18.0 Å². The van der Waals surface area contributed by atoms with E-state index in [4.69, 9.17) is 0 Å². The smallest absolute Gasteiger partial charge is 0.222 e. The van der Waals surface area contributed by atoms with Gasteiger partial charge < -0.3 is 0 Å². The summed E-state index contributed by atoms with van der Waals surface area (Å²) in [5, 5.41) is 9.18.